The van der Waals surface area contributed by atoms with Crippen molar-refractivity contribution in [1.29, 1.82) is 0 Å². The zero-order chi connectivity index (χ0) is 8.72. The minimum atomic E-state index is -0.566. The van der Waals surface area contributed by atoms with Gasteiger partial charge in [0.1, 0.15) is 0 Å². The molecule has 2 heterocycles. The van der Waals surface area contributed by atoms with Crippen LogP contribution in [0, 0.1) is 0 Å². The Labute approximate surface area is 79.3 Å². The molecule has 1 aliphatic rings. The number of fused-ring (bicyclic) bond motifs is 1. The zero-order valence-electron chi connectivity index (χ0n) is 5.59. The summed E-state index contributed by atoms with van der Waals surface area (Å²) in [6.45, 7) is 0. The molecule has 0 aliphatic carbocycles. The Kier molecular flexibility index (Phi) is 1.53. The molecule has 6 nitrogen and oxygen atoms in total. The van der Waals surface area contributed by atoms with E-state index in [4.69, 9.17) is 0 Å². The lowest BCUT2D eigenvalue weighted by atomic mass is 10.5. The number of aromatic nitrogens is 2. The third-order valence-electron chi connectivity index (χ3n) is 1.31. The predicted molar refractivity (Wildman–Crippen MR) is 50.6 cm³/mol. The molecule has 0 fully saturated rings. The van der Waals surface area contributed by atoms with Crippen molar-refractivity contribution in [3.8, 4) is 0 Å². The Morgan fingerprint density at radius 2 is 2.00 bits per heavy atom. The number of aliphatic imine (C=N–C) groups is 1. The molecular formula is C5H2IN4O2. The summed E-state index contributed by atoms with van der Waals surface area (Å²) < 4.78 is 0.440. The number of aromatic amines is 2. The second-order valence-electron chi connectivity index (χ2n) is 2.10. The molecule has 12 heavy (non-hydrogen) atoms. The van der Waals surface area contributed by atoms with E-state index in [1.807, 2.05) is 22.6 Å². The number of amidine groups is 1. The van der Waals surface area contributed by atoms with E-state index in [1.54, 1.807) is 0 Å². The van der Waals surface area contributed by atoms with Crippen LogP contribution >= 0.6 is 22.6 Å². The van der Waals surface area contributed by atoms with Gasteiger partial charge in [0.2, 0.25) is 0 Å². The third kappa shape index (κ3) is 1.05. The summed E-state index contributed by atoms with van der Waals surface area (Å²) in [7, 11) is 0. The van der Waals surface area contributed by atoms with Gasteiger partial charge in [0.25, 0.3) is 5.56 Å². The second-order valence-corrected chi connectivity index (χ2v) is 3.06. The number of H-pyrrole nitrogens is 2. The van der Waals surface area contributed by atoms with Gasteiger partial charge in [0.15, 0.2) is 15.3 Å². The van der Waals surface area contributed by atoms with E-state index in [2.05, 4.69) is 20.3 Å². The Hall–Kier alpha value is -1.12. The normalized spacial score (nSPS) is 13.6. The van der Waals surface area contributed by atoms with Crippen LogP contribution in [-0.2, 0) is 0 Å². The summed E-state index contributed by atoms with van der Waals surface area (Å²) in [6, 6.07) is 0. The summed E-state index contributed by atoms with van der Waals surface area (Å²) in [5.74, 6) is 0.230. The van der Waals surface area contributed by atoms with Crippen molar-refractivity contribution in [3.63, 3.8) is 0 Å². The molecule has 61 valence electrons. The van der Waals surface area contributed by atoms with Crippen LogP contribution in [0.2, 0.25) is 0 Å². The number of halogens is 1. The maximum absolute atomic E-state index is 11.0. The predicted octanol–water partition coefficient (Wildman–Crippen LogP) is -0.265. The fourth-order valence-electron chi connectivity index (χ4n) is 0.862. The molecule has 7 heteroatoms. The van der Waals surface area contributed by atoms with Crippen molar-refractivity contribution < 1.29 is 0 Å². The van der Waals surface area contributed by atoms with Crippen molar-refractivity contribution in [1.82, 2.24) is 15.3 Å². The first kappa shape index (κ1) is 7.53. The lowest BCUT2D eigenvalue weighted by Crippen LogP contribution is -2.21. The van der Waals surface area contributed by atoms with Gasteiger partial charge in [-0.25, -0.2) is 15.1 Å². The maximum Gasteiger partial charge on any atom is 0.327 e. The maximum atomic E-state index is 11.0. The van der Waals surface area contributed by atoms with E-state index in [-0.39, 0.29) is 11.5 Å². The van der Waals surface area contributed by atoms with E-state index in [9.17, 15) is 9.59 Å². The van der Waals surface area contributed by atoms with Gasteiger partial charge in [-0.05, 0) is 0 Å². The Morgan fingerprint density at radius 3 is 2.75 bits per heavy atom. The molecule has 1 aliphatic heterocycles. The molecule has 0 aromatic carbocycles. The van der Waals surface area contributed by atoms with Crippen LogP contribution in [0.25, 0.3) is 0 Å². The summed E-state index contributed by atoms with van der Waals surface area (Å²) in [6.07, 6.45) is 0. The van der Waals surface area contributed by atoms with E-state index < -0.39 is 11.2 Å². The zero-order valence-corrected chi connectivity index (χ0v) is 7.75. The van der Waals surface area contributed by atoms with Crippen molar-refractivity contribution in [2.24, 2.45) is 4.99 Å². The van der Waals surface area contributed by atoms with Gasteiger partial charge in [-0.1, -0.05) is 0 Å². The van der Waals surface area contributed by atoms with E-state index in [0.29, 0.717) is 3.84 Å². The number of nitrogens with one attached hydrogen (secondary N) is 2. The molecule has 0 saturated heterocycles. The van der Waals surface area contributed by atoms with Gasteiger partial charge >= 0.3 is 5.69 Å². The van der Waals surface area contributed by atoms with Gasteiger partial charge in [0, 0.05) is 22.6 Å². The molecule has 0 amide bonds. The topological polar surface area (TPSA) is 92.2 Å². The largest absolute Gasteiger partial charge is 0.327 e. The average molecular weight is 277 g/mol. The Morgan fingerprint density at radius 1 is 1.25 bits per heavy atom. The lowest BCUT2D eigenvalue weighted by molar-refractivity contribution is 1.02. The highest BCUT2D eigenvalue weighted by Crippen LogP contribution is 2.23. The third-order valence-corrected chi connectivity index (χ3v) is 1.79. The number of hydrogen-bond acceptors (Lipinski definition) is 3. The van der Waals surface area contributed by atoms with Crippen molar-refractivity contribution >= 4 is 37.9 Å². The number of nitrogens with zero attached hydrogens (tertiary/aromatic N) is 2. The first-order chi connectivity index (χ1) is 5.66. The smallest absolute Gasteiger partial charge is 0.290 e. The Balaban J connectivity index is 2.78. The van der Waals surface area contributed by atoms with E-state index in [0.717, 1.165) is 0 Å². The molecule has 0 unspecified atom stereocenters. The van der Waals surface area contributed by atoms with Gasteiger partial charge in [0.05, 0.1) is 0 Å². The molecule has 0 atom stereocenters. The molecule has 2 rings (SSSR count). The number of hydrogen-bond donors (Lipinski definition) is 2. The standard InChI is InChI=1S/C5H2IN4O2/c6-4-7-1-2(8-4)9-5(12)10-3(1)11/h(H2,9,10,11,12). The molecule has 0 spiro atoms. The van der Waals surface area contributed by atoms with Crippen molar-refractivity contribution in [2.75, 3.05) is 0 Å². The van der Waals surface area contributed by atoms with Crippen LogP contribution in [0.5, 0.6) is 0 Å². The first-order valence-corrected chi connectivity index (χ1v) is 4.07. The van der Waals surface area contributed by atoms with Crippen molar-refractivity contribution in [3.05, 3.63) is 20.8 Å². The van der Waals surface area contributed by atoms with Crippen LogP contribution in [-0.4, -0.2) is 13.8 Å². The van der Waals surface area contributed by atoms with Gasteiger partial charge in [-0.2, -0.15) is 0 Å². The van der Waals surface area contributed by atoms with Gasteiger partial charge in [-0.3, -0.25) is 14.8 Å². The van der Waals surface area contributed by atoms with E-state index >= 15 is 0 Å². The highest BCUT2D eigenvalue weighted by atomic mass is 127. The second kappa shape index (κ2) is 2.44. The molecule has 1 radical (unpaired) electrons. The van der Waals surface area contributed by atoms with Crippen LogP contribution in [0.3, 0.4) is 0 Å². The highest BCUT2D eigenvalue weighted by Gasteiger charge is 2.17. The molecule has 0 bridgehead atoms. The monoisotopic (exact) mass is 277 g/mol. The highest BCUT2D eigenvalue weighted by molar-refractivity contribution is 14.1. The SMILES string of the molecule is O=c1[nH]c2c(c(=O)[nH]1)N=C(I)[N]2. The quantitative estimate of drug-likeness (QED) is 0.505. The molecular weight excluding hydrogens is 275 g/mol. The summed E-state index contributed by atoms with van der Waals surface area (Å²) in [5, 5.41) is 3.83. The van der Waals surface area contributed by atoms with Crippen LogP contribution in [0.15, 0.2) is 14.6 Å². The summed E-state index contributed by atoms with van der Waals surface area (Å²) >= 11 is 1.86. The van der Waals surface area contributed by atoms with Crippen LogP contribution < -0.4 is 16.6 Å². The summed E-state index contributed by atoms with van der Waals surface area (Å²) in [4.78, 5) is 30.0. The first-order valence-electron chi connectivity index (χ1n) is 2.99. The van der Waals surface area contributed by atoms with Crippen LogP contribution in [0.4, 0.5) is 11.5 Å². The minimum absolute atomic E-state index is 0.166. The fraction of sp³-hybridized carbons (Fsp3) is 0. The molecule has 1 aromatic rings. The summed E-state index contributed by atoms with van der Waals surface area (Å²) in [5.41, 5.74) is -0.910. The van der Waals surface area contributed by atoms with Gasteiger partial charge < -0.3 is 0 Å². The van der Waals surface area contributed by atoms with E-state index in [1.165, 1.54) is 0 Å². The number of rotatable bonds is 0. The fourth-order valence-corrected chi connectivity index (χ4v) is 1.34. The lowest BCUT2D eigenvalue weighted by Gasteiger charge is -1.91. The van der Waals surface area contributed by atoms with Crippen molar-refractivity contribution in [2.45, 2.75) is 0 Å². The van der Waals surface area contributed by atoms with Gasteiger partial charge in [-0.15, -0.1) is 0 Å². The molecule has 1 aromatic heterocycles. The minimum Gasteiger partial charge on any atom is -0.290 e. The average Bonchev–Trinajstić information content (AvgIpc) is 2.29. The Bertz CT molecular complexity index is 471. The molecule has 0 saturated carbocycles. The molecule has 2 N–H and O–H groups in total. The van der Waals surface area contributed by atoms with Crippen LogP contribution in [0.1, 0.15) is 0 Å².